The minimum atomic E-state index is -0.358. The normalized spacial score (nSPS) is 9.14. The van der Waals surface area contributed by atoms with E-state index >= 15 is 0 Å². The van der Waals surface area contributed by atoms with E-state index in [9.17, 15) is 9.59 Å². The number of rotatable bonds is 4. The van der Waals surface area contributed by atoms with Gasteiger partial charge in [-0.1, -0.05) is 0 Å². The zero-order valence-electron chi connectivity index (χ0n) is 8.63. The molecule has 2 N–H and O–H groups in total. The molecule has 0 aromatic heterocycles. The summed E-state index contributed by atoms with van der Waals surface area (Å²) >= 11 is 2.77. The molecule has 0 atom stereocenters. The lowest BCUT2D eigenvalue weighted by molar-refractivity contribution is -0.123. The average Bonchev–Trinajstić information content (AvgIpc) is 2.23. The lowest BCUT2D eigenvalue weighted by Gasteiger charge is -2.08. The third kappa shape index (κ3) is 3.26. The van der Waals surface area contributed by atoms with E-state index in [-0.39, 0.29) is 17.4 Å². The lowest BCUT2D eigenvalue weighted by Crippen LogP contribution is -2.31. The SMILES string of the molecule is CNC(=O)C(C(=O)NC)=C(SC)SC. The van der Waals surface area contributed by atoms with Crippen molar-refractivity contribution < 1.29 is 9.59 Å². The molecule has 0 fully saturated rings. The van der Waals surface area contributed by atoms with Gasteiger partial charge in [0, 0.05) is 14.1 Å². The number of hydrogen-bond acceptors (Lipinski definition) is 4. The van der Waals surface area contributed by atoms with Gasteiger partial charge in [0.05, 0.1) is 4.24 Å². The van der Waals surface area contributed by atoms with Crippen molar-refractivity contribution >= 4 is 35.3 Å². The highest BCUT2D eigenvalue weighted by Gasteiger charge is 2.20. The van der Waals surface area contributed by atoms with Gasteiger partial charge in [0.25, 0.3) is 11.8 Å². The maximum absolute atomic E-state index is 11.4. The predicted octanol–water partition coefficient (Wildman–Crippen LogP) is 0.416. The zero-order valence-corrected chi connectivity index (χ0v) is 10.3. The molecule has 0 saturated heterocycles. The molecule has 0 aliphatic carbocycles. The molecule has 0 radical (unpaired) electrons. The van der Waals surface area contributed by atoms with Crippen molar-refractivity contribution in [2.24, 2.45) is 0 Å². The fourth-order valence-corrected chi connectivity index (χ4v) is 2.27. The Hall–Kier alpha value is -0.620. The second-order valence-corrected chi connectivity index (χ2v) is 4.12. The smallest absolute Gasteiger partial charge is 0.258 e. The van der Waals surface area contributed by atoms with E-state index in [0.717, 1.165) is 0 Å². The summed E-state index contributed by atoms with van der Waals surface area (Å²) in [7, 11) is 3.01. The summed E-state index contributed by atoms with van der Waals surface area (Å²) in [6.45, 7) is 0. The first-order valence-electron chi connectivity index (χ1n) is 3.88. The molecule has 0 rings (SSSR count). The number of carbonyl (C=O) groups is 2. The van der Waals surface area contributed by atoms with Crippen LogP contribution in [0.4, 0.5) is 0 Å². The van der Waals surface area contributed by atoms with Gasteiger partial charge in [-0.15, -0.1) is 23.5 Å². The maximum Gasteiger partial charge on any atom is 0.258 e. The first-order valence-corrected chi connectivity index (χ1v) is 6.33. The van der Waals surface area contributed by atoms with Crippen LogP contribution in [-0.2, 0) is 9.59 Å². The van der Waals surface area contributed by atoms with Crippen molar-refractivity contribution in [2.75, 3.05) is 26.6 Å². The Morgan fingerprint density at radius 3 is 1.50 bits per heavy atom. The van der Waals surface area contributed by atoms with Crippen molar-refractivity contribution in [3.05, 3.63) is 9.81 Å². The zero-order chi connectivity index (χ0) is 11.1. The van der Waals surface area contributed by atoms with Gasteiger partial charge in [-0.2, -0.15) is 0 Å². The number of likely N-dealkylation sites (N-methyl/N-ethyl adjacent to an activating group) is 2. The van der Waals surface area contributed by atoms with E-state index in [0.29, 0.717) is 4.24 Å². The fraction of sp³-hybridized carbons (Fsp3) is 0.500. The average molecular weight is 234 g/mol. The van der Waals surface area contributed by atoms with Crippen LogP contribution in [0, 0.1) is 0 Å². The number of hydrogen-bond donors (Lipinski definition) is 2. The van der Waals surface area contributed by atoms with Crippen molar-refractivity contribution in [1.29, 1.82) is 0 Å². The van der Waals surface area contributed by atoms with Gasteiger partial charge >= 0.3 is 0 Å². The first kappa shape index (κ1) is 13.4. The molecule has 80 valence electrons. The highest BCUT2D eigenvalue weighted by atomic mass is 32.2. The van der Waals surface area contributed by atoms with Crippen molar-refractivity contribution in [2.45, 2.75) is 0 Å². The molecule has 0 aromatic carbocycles. The summed E-state index contributed by atoms with van der Waals surface area (Å²) < 4.78 is 0.712. The summed E-state index contributed by atoms with van der Waals surface area (Å²) in [5.74, 6) is -0.717. The maximum atomic E-state index is 11.4. The molecule has 0 bridgehead atoms. The van der Waals surface area contributed by atoms with Gasteiger partial charge in [0.2, 0.25) is 0 Å². The van der Waals surface area contributed by atoms with Crippen LogP contribution in [0.5, 0.6) is 0 Å². The lowest BCUT2D eigenvalue weighted by atomic mass is 10.2. The number of carbonyl (C=O) groups excluding carboxylic acids is 2. The largest absolute Gasteiger partial charge is 0.355 e. The molecular formula is C8H14N2O2S2. The van der Waals surface area contributed by atoms with Crippen molar-refractivity contribution in [3.63, 3.8) is 0 Å². The molecule has 0 unspecified atom stereocenters. The van der Waals surface area contributed by atoms with Gasteiger partial charge < -0.3 is 10.6 Å². The molecule has 0 spiro atoms. The first-order chi connectivity index (χ1) is 6.62. The number of amides is 2. The Balaban J connectivity index is 5.16. The van der Waals surface area contributed by atoms with Gasteiger partial charge in [-0.3, -0.25) is 9.59 Å². The van der Waals surface area contributed by atoms with E-state index in [1.54, 1.807) is 0 Å². The molecule has 0 heterocycles. The van der Waals surface area contributed by atoms with Crippen LogP contribution in [-0.4, -0.2) is 38.4 Å². The number of nitrogens with one attached hydrogen (secondary N) is 2. The summed E-state index contributed by atoms with van der Waals surface area (Å²) in [4.78, 5) is 22.8. The van der Waals surface area contributed by atoms with Crippen molar-refractivity contribution in [1.82, 2.24) is 10.6 Å². The molecule has 0 aliphatic heterocycles. The minimum Gasteiger partial charge on any atom is -0.355 e. The van der Waals surface area contributed by atoms with Crippen LogP contribution in [0.2, 0.25) is 0 Å². The second-order valence-electron chi connectivity index (χ2n) is 2.23. The van der Waals surface area contributed by atoms with Gasteiger partial charge in [0.15, 0.2) is 0 Å². The Labute approximate surface area is 92.3 Å². The van der Waals surface area contributed by atoms with E-state index in [1.807, 2.05) is 12.5 Å². The monoisotopic (exact) mass is 234 g/mol. The highest BCUT2D eigenvalue weighted by Crippen LogP contribution is 2.27. The van der Waals surface area contributed by atoms with Crippen molar-refractivity contribution in [3.8, 4) is 0 Å². The standard InChI is InChI=1S/C8H14N2O2S2/c1-9-6(11)5(7(12)10-2)8(13-3)14-4/h1-4H3,(H,9,11)(H,10,12). The molecular weight excluding hydrogens is 220 g/mol. The molecule has 6 heteroatoms. The van der Waals surface area contributed by atoms with Crippen LogP contribution < -0.4 is 10.6 Å². The van der Waals surface area contributed by atoms with E-state index in [4.69, 9.17) is 0 Å². The van der Waals surface area contributed by atoms with Crippen LogP contribution >= 0.6 is 23.5 Å². The van der Waals surface area contributed by atoms with Crippen LogP contribution in [0.3, 0.4) is 0 Å². The summed E-state index contributed by atoms with van der Waals surface area (Å²) in [5, 5.41) is 4.89. The Morgan fingerprint density at radius 1 is 0.929 bits per heavy atom. The van der Waals surface area contributed by atoms with E-state index in [1.165, 1.54) is 37.6 Å². The summed E-state index contributed by atoms with van der Waals surface area (Å²) in [6, 6.07) is 0. The Morgan fingerprint density at radius 2 is 1.29 bits per heavy atom. The van der Waals surface area contributed by atoms with Crippen LogP contribution in [0.25, 0.3) is 0 Å². The Kier molecular flexibility index (Phi) is 6.48. The third-order valence-electron chi connectivity index (χ3n) is 1.48. The van der Waals surface area contributed by atoms with Gasteiger partial charge in [0.1, 0.15) is 5.57 Å². The van der Waals surface area contributed by atoms with Crippen LogP contribution in [0.1, 0.15) is 0 Å². The van der Waals surface area contributed by atoms with Gasteiger partial charge in [-0.05, 0) is 12.5 Å². The second kappa shape index (κ2) is 6.78. The summed E-state index contributed by atoms with van der Waals surface area (Å²) in [6.07, 6.45) is 3.66. The molecule has 14 heavy (non-hydrogen) atoms. The van der Waals surface area contributed by atoms with E-state index < -0.39 is 0 Å². The van der Waals surface area contributed by atoms with Crippen LogP contribution in [0.15, 0.2) is 9.81 Å². The quantitative estimate of drug-likeness (QED) is 0.420. The van der Waals surface area contributed by atoms with Gasteiger partial charge in [-0.25, -0.2) is 0 Å². The van der Waals surface area contributed by atoms with E-state index in [2.05, 4.69) is 10.6 Å². The minimum absolute atomic E-state index is 0.176. The topological polar surface area (TPSA) is 58.2 Å². The molecule has 0 aliphatic rings. The predicted molar refractivity (Wildman–Crippen MR) is 62.2 cm³/mol. The highest BCUT2D eigenvalue weighted by molar-refractivity contribution is 8.21. The molecule has 0 aromatic rings. The molecule has 4 nitrogen and oxygen atoms in total. The molecule has 0 saturated carbocycles. The number of thioether (sulfide) groups is 2. The fourth-order valence-electron chi connectivity index (χ4n) is 0.826. The molecule has 2 amide bonds. The Bertz CT molecular complexity index is 240. The third-order valence-corrected chi connectivity index (χ3v) is 3.63. The summed E-state index contributed by atoms with van der Waals surface area (Å²) in [5.41, 5.74) is 0.176.